The molecule has 1 N–H and O–H groups in total. The number of hydrogen-bond acceptors (Lipinski definition) is 4. The van der Waals surface area contributed by atoms with Crippen LogP contribution in [0.15, 0.2) is 48.5 Å². The smallest absolute Gasteiger partial charge is 0.497 e. The van der Waals surface area contributed by atoms with Crippen molar-refractivity contribution in [2.75, 3.05) is 20.3 Å². The Morgan fingerprint density at radius 1 is 1.04 bits per heavy atom. The van der Waals surface area contributed by atoms with Gasteiger partial charge in [-0.1, -0.05) is 18.2 Å². The van der Waals surface area contributed by atoms with Crippen LogP contribution >= 0.6 is 0 Å². The van der Waals surface area contributed by atoms with Crippen molar-refractivity contribution in [2.45, 2.75) is 12.8 Å². The number of carbonyl (C=O) groups excluding carboxylic acids is 1. The molecule has 8 heteroatoms. The third kappa shape index (κ3) is 6.92. The molecule has 0 heterocycles. The van der Waals surface area contributed by atoms with Gasteiger partial charge in [0.15, 0.2) is 0 Å². The van der Waals surface area contributed by atoms with E-state index >= 15 is 0 Å². The summed E-state index contributed by atoms with van der Waals surface area (Å²) in [4.78, 5) is 11.8. The first-order chi connectivity index (χ1) is 12.4. The van der Waals surface area contributed by atoms with E-state index in [0.717, 1.165) is 0 Å². The fraction of sp³-hybridized carbons (Fsp3) is 0.278. The minimum Gasteiger partial charge on any atom is -0.497 e. The number of rotatable bonds is 8. The van der Waals surface area contributed by atoms with Crippen LogP contribution in [0.5, 0.6) is 17.2 Å². The Kier molecular flexibility index (Phi) is 6.71. The van der Waals surface area contributed by atoms with Crippen LogP contribution in [0.1, 0.15) is 5.56 Å². The first kappa shape index (κ1) is 19.4. The zero-order valence-corrected chi connectivity index (χ0v) is 14.0. The Morgan fingerprint density at radius 2 is 1.73 bits per heavy atom. The third-order valence-corrected chi connectivity index (χ3v) is 3.26. The van der Waals surface area contributed by atoms with Gasteiger partial charge in [-0.05, 0) is 29.8 Å². The summed E-state index contributed by atoms with van der Waals surface area (Å²) < 4.78 is 50.6. The average molecular weight is 369 g/mol. The van der Waals surface area contributed by atoms with Crippen molar-refractivity contribution in [2.24, 2.45) is 0 Å². The number of ether oxygens (including phenoxy) is 3. The first-order valence-electron chi connectivity index (χ1n) is 7.74. The largest absolute Gasteiger partial charge is 0.573 e. The maximum atomic E-state index is 12.1. The number of methoxy groups -OCH3 is 1. The van der Waals surface area contributed by atoms with Crippen molar-refractivity contribution in [3.8, 4) is 17.2 Å². The molecule has 0 radical (unpaired) electrons. The minimum absolute atomic E-state index is 0.0471. The number of benzene rings is 2. The lowest BCUT2D eigenvalue weighted by Gasteiger charge is -2.10. The van der Waals surface area contributed by atoms with E-state index in [1.807, 2.05) is 0 Å². The summed E-state index contributed by atoms with van der Waals surface area (Å²) in [6, 6.07) is 12.2. The fourth-order valence-electron chi connectivity index (χ4n) is 2.11. The highest BCUT2D eigenvalue weighted by atomic mass is 19.4. The lowest BCUT2D eigenvalue weighted by molar-refractivity contribution is -0.274. The van der Waals surface area contributed by atoms with Crippen molar-refractivity contribution in [3.05, 3.63) is 54.1 Å². The van der Waals surface area contributed by atoms with Crippen molar-refractivity contribution < 1.29 is 32.2 Å². The molecular weight excluding hydrogens is 351 g/mol. The SMILES string of the molecule is COc1cccc(OCCNC(=O)Cc2ccc(OC(F)(F)F)cc2)c1. The molecular formula is C18H18F3NO4. The normalized spacial score (nSPS) is 10.9. The van der Waals surface area contributed by atoms with Crippen molar-refractivity contribution >= 4 is 5.91 Å². The second kappa shape index (κ2) is 8.98. The standard InChI is InChI=1S/C18H18F3NO4/c1-24-15-3-2-4-16(12-15)25-10-9-22-17(23)11-13-5-7-14(8-6-13)26-18(19,20)21/h2-8,12H,9-11H2,1H3,(H,22,23). The number of carbonyl (C=O) groups is 1. The van der Waals surface area contributed by atoms with Crippen LogP contribution in [0.25, 0.3) is 0 Å². The van der Waals surface area contributed by atoms with Gasteiger partial charge in [0.1, 0.15) is 23.9 Å². The third-order valence-electron chi connectivity index (χ3n) is 3.26. The molecule has 0 atom stereocenters. The Hall–Kier alpha value is -2.90. The van der Waals surface area contributed by atoms with Gasteiger partial charge in [-0.25, -0.2) is 0 Å². The van der Waals surface area contributed by atoms with Crippen molar-refractivity contribution in [1.29, 1.82) is 0 Å². The second-order valence-corrected chi connectivity index (χ2v) is 5.25. The van der Waals surface area contributed by atoms with Gasteiger partial charge in [-0.2, -0.15) is 0 Å². The van der Waals surface area contributed by atoms with E-state index < -0.39 is 6.36 Å². The lowest BCUT2D eigenvalue weighted by Crippen LogP contribution is -2.29. The molecule has 1 amide bonds. The summed E-state index contributed by atoms with van der Waals surface area (Å²) in [5.41, 5.74) is 0.575. The molecule has 2 rings (SSSR count). The van der Waals surface area contributed by atoms with E-state index in [1.165, 1.54) is 24.3 Å². The van der Waals surface area contributed by atoms with Gasteiger partial charge in [0.05, 0.1) is 20.1 Å². The summed E-state index contributed by atoms with van der Waals surface area (Å²) in [6.45, 7) is 0.572. The summed E-state index contributed by atoms with van der Waals surface area (Å²) in [5.74, 6) is 0.709. The van der Waals surface area contributed by atoms with Crippen LogP contribution in [-0.4, -0.2) is 32.5 Å². The van der Waals surface area contributed by atoms with E-state index in [4.69, 9.17) is 9.47 Å². The van der Waals surface area contributed by atoms with Crippen LogP contribution in [0.3, 0.4) is 0 Å². The number of alkyl halides is 3. The van der Waals surface area contributed by atoms with Crippen LogP contribution in [0.4, 0.5) is 13.2 Å². The first-order valence-corrected chi connectivity index (χ1v) is 7.74. The molecule has 140 valence electrons. The Morgan fingerprint density at radius 3 is 2.38 bits per heavy atom. The molecule has 5 nitrogen and oxygen atoms in total. The summed E-state index contributed by atoms with van der Waals surface area (Å²) in [7, 11) is 1.56. The second-order valence-electron chi connectivity index (χ2n) is 5.25. The zero-order chi connectivity index (χ0) is 19.0. The zero-order valence-electron chi connectivity index (χ0n) is 14.0. The fourth-order valence-corrected chi connectivity index (χ4v) is 2.11. The van der Waals surface area contributed by atoms with Gasteiger partial charge >= 0.3 is 6.36 Å². The number of hydrogen-bond donors (Lipinski definition) is 1. The molecule has 0 fully saturated rings. The monoisotopic (exact) mass is 369 g/mol. The van der Waals surface area contributed by atoms with Gasteiger partial charge in [0.2, 0.25) is 5.91 Å². The molecule has 0 aliphatic rings. The molecule has 26 heavy (non-hydrogen) atoms. The maximum absolute atomic E-state index is 12.1. The van der Waals surface area contributed by atoms with Gasteiger partial charge in [-0.3, -0.25) is 4.79 Å². The van der Waals surface area contributed by atoms with E-state index in [0.29, 0.717) is 23.6 Å². The lowest BCUT2D eigenvalue weighted by atomic mass is 10.1. The van der Waals surface area contributed by atoms with Gasteiger partial charge in [0.25, 0.3) is 0 Å². The highest BCUT2D eigenvalue weighted by Crippen LogP contribution is 2.22. The molecule has 0 spiro atoms. The number of nitrogens with one attached hydrogen (secondary N) is 1. The van der Waals surface area contributed by atoms with Crippen LogP contribution in [-0.2, 0) is 11.2 Å². The van der Waals surface area contributed by atoms with E-state index in [2.05, 4.69) is 10.1 Å². The average Bonchev–Trinajstić information content (AvgIpc) is 2.59. The van der Waals surface area contributed by atoms with Crippen molar-refractivity contribution in [1.82, 2.24) is 5.32 Å². The predicted molar refractivity (Wildman–Crippen MR) is 88.3 cm³/mol. The van der Waals surface area contributed by atoms with E-state index in [-0.39, 0.29) is 24.7 Å². The molecule has 0 saturated heterocycles. The highest BCUT2D eigenvalue weighted by molar-refractivity contribution is 5.78. The van der Waals surface area contributed by atoms with Crippen LogP contribution < -0.4 is 19.5 Å². The minimum atomic E-state index is -4.73. The summed E-state index contributed by atoms with van der Waals surface area (Å²) in [6.07, 6.45) is -4.69. The van der Waals surface area contributed by atoms with Crippen LogP contribution in [0, 0.1) is 0 Å². The molecule has 0 aliphatic heterocycles. The molecule has 0 unspecified atom stereocenters. The van der Waals surface area contributed by atoms with Gasteiger partial charge in [-0.15, -0.1) is 13.2 Å². The Balaban J connectivity index is 1.71. The predicted octanol–water partition coefficient (Wildman–Crippen LogP) is 3.33. The molecule has 0 saturated carbocycles. The molecule has 0 aromatic heterocycles. The Bertz CT molecular complexity index is 717. The van der Waals surface area contributed by atoms with E-state index in [9.17, 15) is 18.0 Å². The maximum Gasteiger partial charge on any atom is 0.573 e. The molecule has 2 aromatic rings. The van der Waals surface area contributed by atoms with Gasteiger partial charge in [0, 0.05) is 6.07 Å². The molecule has 0 bridgehead atoms. The highest BCUT2D eigenvalue weighted by Gasteiger charge is 2.30. The molecule has 2 aromatic carbocycles. The summed E-state index contributed by atoms with van der Waals surface area (Å²) >= 11 is 0. The topological polar surface area (TPSA) is 56.8 Å². The van der Waals surface area contributed by atoms with Crippen LogP contribution in [0.2, 0.25) is 0 Å². The molecule has 0 aliphatic carbocycles. The van der Waals surface area contributed by atoms with Crippen molar-refractivity contribution in [3.63, 3.8) is 0 Å². The van der Waals surface area contributed by atoms with E-state index in [1.54, 1.807) is 31.4 Å². The quantitative estimate of drug-likeness (QED) is 0.726. The number of amides is 1. The van der Waals surface area contributed by atoms with Gasteiger partial charge < -0.3 is 19.5 Å². The number of halogens is 3. The Labute approximate surface area is 148 Å². The summed E-state index contributed by atoms with van der Waals surface area (Å²) in [5, 5.41) is 2.68.